The molecule has 2 aromatic heterocycles. The fourth-order valence-corrected chi connectivity index (χ4v) is 3.15. The zero-order valence-electron chi connectivity index (χ0n) is 11.7. The quantitative estimate of drug-likeness (QED) is 0.563. The Hall–Kier alpha value is -2.60. The zero-order valence-corrected chi connectivity index (χ0v) is 12.5. The molecular formula is C16H11FN4S. The van der Waals surface area contributed by atoms with Crippen molar-refractivity contribution < 1.29 is 4.39 Å². The van der Waals surface area contributed by atoms with E-state index in [1.165, 1.54) is 23.5 Å². The third kappa shape index (κ3) is 2.17. The van der Waals surface area contributed by atoms with Crippen molar-refractivity contribution in [1.29, 1.82) is 0 Å². The number of hydrogen-bond donors (Lipinski definition) is 0. The lowest BCUT2D eigenvalue weighted by Gasteiger charge is -1.98. The van der Waals surface area contributed by atoms with Crippen molar-refractivity contribution in [2.75, 3.05) is 0 Å². The highest BCUT2D eigenvalue weighted by Crippen LogP contribution is 2.28. The van der Waals surface area contributed by atoms with E-state index in [1.54, 1.807) is 10.6 Å². The Morgan fingerprint density at radius 2 is 1.82 bits per heavy atom. The molecule has 0 saturated heterocycles. The van der Waals surface area contributed by atoms with Crippen LogP contribution in [0.1, 0.15) is 5.56 Å². The summed E-state index contributed by atoms with van der Waals surface area (Å²) in [5.74, 6) is 0.417. The molecule has 108 valence electrons. The minimum absolute atomic E-state index is 0.276. The topological polar surface area (TPSA) is 43.1 Å². The Balaban J connectivity index is 1.86. The molecule has 22 heavy (non-hydrogen) atoms. The Kier molecular flexibility index (Phi) is 2.97. The molecule has 4 aromatic rings. The lowest BCUT2D eigenvalue weighted by Crippen LogP contribution is -1.91. The van der Waals surface area contributed by atoms with Crippen LogP contribution in [-0.4, -0.2) is 19.8 Å². The molecule has 0 bridgehead atoms. The van der Waals surface area contributed by atoms with Crippen molar-refractivity contribution in [2.45, 2.75) is 6.92 Å². The fourth-order valence-electron chi connectivity index (χ4n) is 2.32. The standard InChI is InChI=1S/C16H11FN4S/c1-10-4-2-5-11(8-10)14-18-19-16-21(14)20-15(22-16)12-6-3-7-13(17)9-12/h2-9H,1H3. The number of hydrogen-bond acceptors (Lipinski definition) is 4. The van der Waals surface area contributed by atoms with Crippen molar-refractivity contribution in [2.24, 2.45) is 0 Å². The van der Waals surface area contributed by atoms with Crippen molar-refractivity contribution in [3.8, 4) is 22.0 Å². The SMILES string of the molecule is Cc1cccc(-c2nnc3sc(-c4cccc(F)c4)nn23)c1. The minimum Gasteiger partial charge on any atom is -0.207 e. The zero-order chi connectivity index (χ0) is 15.1. The summed E-state index contributed by atoms with van der Waals surface area (Å²) in [6.45, 7) is 2.03. The lowest BCUT2D eigenvalue weighted by molar-refractivity contribution is 0.628. The summed E-state index contributed by atoms with van der Waals surface area (Å²) in [5, 5.41) is 13.6. The van der Waals surface area contributed by atoms with Crippen LogP contribution in [0.4, 0.5) is 4.39 Å². The van der Waals surface area contributed by atoms with Gasteiger partial charge in [0.15, 0.2) is 5.82 Å². The van der Waals surface area contributed by atoms with Crippen molar-refractivity contribution in [3.63, 3.8) is 0 Å². The average molecular weight is 310 g/mol. The predicted octanol–water partition coefficient (Wildman–Crippen LogP) is 3.97. The van der Waals surface area contributed by atoms with E-state index in [1.807, 2.05) is 37.3 Å². The van der Waals surface area contributed by atoms with E-state index in [0.29, 0.717) is 10.8 Å². The van der Waals surface area contributed by atoms with E-state index in [0.717, 1.165) is 21.7 Å². The van der Waals surface area contributed by atoms with Crippen LogP contribution in [0.15, 0.2) is 48.5 Å². The summed E-state index contributed by atoms with van der Waals surface area (Å²) >= 11 is 1.39. The van der Waals surface area contributed by atoms with Gasteiger partial charge in [-0.3, -0.25) is 0 Å². The molecule has 0 aliphatic heterocycles. The van der Waals surface area contributed by atoms with Gasteiger partial charge in [-0.25, -0.2) is 4.39 Å². The maximum atomic E-state index is 13.4. The van der Waals surface area contributed by atoms with Gasteiger partial charge in [-0.1, -0.05) is 47.2 Å². The molecule has 6 heteroatoms. The predicted molar refractivity (Wildman–Crippen MR) is 84.2 cm³/mol. The third-order valence-corrected chi connectivity index (χ3v) is 4.29. The number of nitrogens with zero attached hydrogens (tertiary/aromatic N) is 4. The molecule has 2 heterocycles. The second kappa shape index (κ2) is 4.99. The van der Waals surface area contributed by atoms with Crippen LogP contribution in [0.2, 0.25) is 0 Å². The summed E-state index contributed by atoms with van der Waals surface area (Å²) < 4.78 is 15.1. The van der Waals surface area contributed by atoms with Gasteiger partial charge in [0.25, 0.3) is 0 Å². The second-order valence-corrected chi connectivity index (χ2v) is 5.96. The molecule has 0 amide bonds. The van der Waals surface area contributed by atoms with E-state index >= 15 is 0 Å². The Morgan fingerprint density at radius 3 is 2.64 bits per heavy atom. The van der Waals surface area contributed by atoms with Gasteiger partial charge in [-0.05, 0) is 25.1 Å². The molecule has 0 fully saturated rings. The van der Waals surface area contributed by atoms with E-state index in [4.69, 9.17) is 0 Å². The van der Waals surface area contributed by atoms with Crippen LogP contribution < -0.4 is 0 Å². The fraction of sp³-hybridized carbons (Fsp3) is 0.0625. The lowest BCUT2D eigenvalue weighted by atomic mass is 10.1. The largest absolute Gasteiger partial charge is 0.235 e. The number of aromatic nitrogens is 4. The average Bonchev–Trinajstić information content (AvgIpc) is 3.07. The number of rotatable bonds is 2. The molecule has 4 nitrogen and oxygen atoms in total. The first-order chi connectivity index (χ1) is 10.7. The van der Waals surface area contributed by atoms with Crippen LogP contribution in [0, 0.1) is 12.7 Å². The molecule has 2 aromatic carbocycles. The molecular weight excluding hydrogens is 299 g/mol. The van der Waals surface area contributed by atoms with Crippen molar-refractivity contribution in [1.82, 2.24) is 19.8 Å². The number of benzene rings is 2. The second-order valence-electron chi connectivity index (χ2n) is 5.01. The first-order valence-electron chi connectivity index (χ1n) is 6.76. The molecule has 0 spiro atoms. The summed E-state index contributed by atoms with van der Waals surface area (Å²) in [5.41, 5.74) is 2.85. The summed E-state index contributed by atoms with van der Waals surface area (Å²) in [4.78, 5) is 0.691. The third-order valence-electron chi connectivity index (χ3n) is 3.34. The summed E-state index contributed by atoms with van der Waals surface area (Å²) in [6, 6.07) is 14.4. The van der Waals surface area contributed by atoms with Gasteiger partial charge in [0.1, 0.15) is 10.8 Å². The Bertz CT molecular complexity index is 973. The number of aryl methyl sites for hydroxylation is 1. The molecule has 0 aliphatic rings. The number of halogens is 1. The molecule has 0 saturated carbocycles. The van der Waals surface area contributed by atoms with Crippen LogP contribution in [0.3, 0.4) is 0 Å². The van der Waals surface area contributed by atoms with Crippen LogP contribution in [-0.2, 0) is 0 Å². The highest BCUT2D eigenvalue weighted by atomic mass is 32.1. The molecule has 0 aliphatic carbocycles. The molecule has 4 rings (SSSR count). The van der Waals surface area contributed by atoms with Gasteiger partial charge in [0, 0.05) is 11.1 Å². The monoisotopic (exact) mass is 310 g/mol. The normalized spacial score (nSPS) is 11.2. The van der Waals surface area contributed by atoms with E-state index in [-0.39, 0.29) is 5.82 Å². The molecule has 0 unspecified atom stereocenters. The molecule has 0 radical (unpaired) electrons. The first-order valence-corrected chi connectivity index (χ1v) is 7.57. The smallest absolute Gasteiger partial charge is 0.207 e. The van der Waals surface area contributed by atoms with Gasteiger partial charge in [0.2, 0.25) is 4.96 Å². The summed E-state index contributed by atoms with van der Waals surface area (Å²) in [6.07, 6.45) is 0. The Labute approximate surface area is 129 Å². The van der Waals surface area contributed by atoms with E-state index in [9.17, 15) is 4.39 Å². The van der Waals surface area contributed by atoms with E-state index < -0.39 is 0 Å². The minimum atomic E-state index is -0.276. The van der Waals surface area contributed by atoms with Gasteiger partial charge in [-0.2, -0.15) is 9.61 Å². The van der Waals surface area contributed by atoms with Crippen molar-refractivity contribution in [3.05, 3.63) is 59.9 Å². The van der Waals surface area contributed by atoms with Gasteiger partial charge >= 0.3 is 0 Å². The Morgan fingerprint density at radius 1 is 1.00 bits per heavy atom. The highest BCUT2D eigenvalue weighted by molar-refractivity contribution is 7.19. The van der Waals surface area contributed by atoms with Gasteiger partial charge < -0.3 is 0 Å². The van der Waals surface area contributed by atoms with Crippen LogP contribution in [0.25, 0.3) is 26.9 Å². The van der Waals surface area contributed by atoms with Gasteiger partial charge in [-0.15, -0.1) is 10.2 Å². The number of fused-ring (bicyclic) bond motifs is 1. The van der Waals surface area contributed by atoms with Crippen LogP contribution >= 0.6 is 11.3 Å². The highest BCUT2D eigenvalue weighted by Gasteiger charge is 2.14. The molecule has 0 atom stereocenters. The first kappa shape index (κ1) is 13.1. The maximum absolute atomic E-state index is 13.4. The van der Waals surface area contributed by atoms with Gasteiger partial charge in [0.05, 0.1) is 0 Å². The van der Waals surface area contributed by atoms with E-state index in [2.05, 4.69) is 15.3 Å². The summed E-state index contributed by atoms with van der Waals surface area (Å²) in [7, 11) is 0. The molecule has 0 N–H and O–H groups in total. The van der Waals surface area contributed by atoms with Crippen LogP contribution in [0.5, 0.6) is 0 Å². The maximum Gasteiger partial charge on any atom is 0.235 e. The van der Waals surface area contributed by atoms with Crippen molar-refractivity contribution >= 4 is 16.3 Å².